The van der Waals surface area contributed by atoms with E-state index in [0.29, 0.717) is 22.4 Å². The molecule has 0 spiro atoms. The Balaban J connectivity index is 1.28. The van der Waals surface area contributed by atoms with Gasteiger partial charge in [-0.05, 0) is 80.9 Å². The van der Waals surface area contributed by atoms with Crippen LogP contribution in [0.2, 0.25) is 0 Å². The van der Waals surface area contributed by atoms with Crippen LogP contribution in [0.1, 0.15) is 62.0 Å². The summed E-state index contributed by atoms with van der Waals surface area (Å²) >= 11 is 0. The van der Waals surface area contributed by atoms with Crippen molar-refractivity contribution >= 4 is 33.3 Å². The SMILES string of the molecule is CCN(CC)CCCC(C)NC(=O)c1cn2c3c(c(N4CCC(c5cnccn5)C4)ccc3c1=O)Oc1cc3ccccc3cc1-2. The fraction of sp³-hybridized carbons (Fsp3) is 0.351. The summed E-state index contributed by atoms with van der Waals surface area (Å²) < 4.78 is 8.69. The smallest absolute Gasteiger partial charge is 0.256 e. The third-order valence-electron chi connectivity index (χ3n) is 9.56. The van der Waals surface area contributed by atoms with Crippen molar-refractivity contribution < 1.29 is 9.53 Å². The van der Waals surface area contributed by atoms with Crippen LogP contribution in [0, 0.1) is 0 Å². The lowest BCUT2D eigenvalue weighted by molar-refractivity contribution is 0.0935. The Bertz CT molecular complexity index is 1970. The van der Waals surface area contributed by atoms with Crippen LogP contribution in [0.5, 0.6) is 11.5 Å². The Kier molecular flexibility index (Phi) is 8.17. The predicted molar refractivity (Wildman–Crippen MR) is 183 cm³/mol. The number of nitrogens with zero attached hydrogens (tertiary/aromatic N) is 5. The van der Waals surface area contributed by atoms with Crippen LogP contribution in [-0.4, -0.2) is 64.1 Å². The van der Waals surface area contributed by atoms with Gasteiger partial charge in [-0.25, -0.2) is 0 Å². The number of nitrogens with one attached hydrogen (secondary N) is 1. The van der Waals surface area contributed by atoms with Crippen LogP contribution in [-0.2, 0) is 0 Å². The first kappa shape index (κ1) is 29.9. The molecule has 2 aromatic heterocycles. The second kappa shape index (κ2) is 12.6. The van der Waals surface area contributed by atoms with Gasteiger partial charge in [0.05, 0.1) is 22.5 Å². The number of anilines is 1. The highest BCUT2D eigenvalue weighted by Crippen LogP contribution is 2.47. The predicted octanol–water partition coefficient (Wildman–Crippen LogP) is 6.27. The second-order valence-electron chi connectivity index (χ2n) is 12.4. The molecule has 1 saturated heterocycles. The summed E-state index contributed by atoms with van der Waals surface area (Å²) in [5, 5.41) is 5.67. The molecule has 2 aliphatic rings. The van der Waals surface area contributed by atoms with Crippen molar-refractivity contribution in [3.8, 4) is 17.2 Å². The number of amides is 1. The molecule has 3 aromatic carbocycles. The van der Waals surface area contributed by atoms with Gasteiger partial charge in [0.25, 0.3) is 5.91 Å². The highest BCUT2D eigenvalue weighted by molar-refractivity contribution is 6.02. The largest absolute Gasteiger partial charge is 0.451 e. The maximum absolute atomic E-state index is 14.0. The Hall–Kier alpha value is -4.76. The number of fused-ring (bicyclic) bond motifs is 3. The molecule has 0 bridgehead atoms. The molecule has 2 atom stereocenters. The van der Waals surface area contributed by atoms with Gasteiger partial charge in [-0.3, -0.25) is 19.6 Å². The van der Waals surface area contributed by atoms with E-state index >= 15 is 0 Å². The number of hydrogen-bond acceptors (Lipinski definition) is 7. The van der Waals surface area contributed by atoms with Crippen molar-refractivity contribution in [2.75, 3.05) is 37.6 Å². The number of aromatic nitrogens is 3. The van der Waals surface area contributed by atoms with Gasteiger partial charge in [-0.2, -0.15) is 0 Å². The molecule has 46 heavy (non-hydrogen) atoms. The summed E-state index contributed by atoms with van der Waals surface area (Å²) in [6, 6.07) is 16.0. The number of carbonyl (C=O) groups excluding carboxylic acids is 1. The van der Waals surface area contributed by atoms with Gasteiger partial charge in [-0.1, -0.05) is 38.1 Å². The summed E-state index contributed by atoms with van der Waals surface area (Å²) in [7, 11) is 0. The van der Waals surface area contributed by atoms with Crippen LogP contribution in [0.3, 0.4) is 0 Å². The molecule has 0 radical (unpaired) electrons. The van der Waals surface area contributed by atoms with Crippen LogP contribution < -0.4 is 20.4 Å². The van der Waals surface area contributed by atoms with E-state index < -0.39 is 0 Å². The third-order valence-corrected chi connectivity index (χ3v) is 9.56. The maximum atomic E-state index is 14.0. The molecule has 7 rings (SSSR count). The average Bonchev–Trinajstić information content (AvgIpc) is 3.57. The van der Waals surface area contributed by atoms with E-state index in [-0.39, 0.29) is 28.9 Å². The monoisotopic (exact) mass is 616 g/mol. The number of rotatable bonds is 10. The molecular weight excluding hydrogens is 576 g/mol. The summed E-state index contributed by atoms with van der Waals surface area (Å²) in [6.45, 7) is 10.9. The topological polar surface area (TPSA) is 92.6 Å². The van der Waals surface area contributed by atoms with E-state index in [1.165, 1.54) is 0 Å². The van der Waals surface area contributed by atoms with E-state index in [4.69, 9.17) is 4.74 Å². The summed E-state index contributed by atoms with van der Waals surface area (Å²) in [5.41, 5.74) is 3.22. The highest BCUT2D eigenvalue weighted by Gasteiger charge is 2.32. The third kappa shape index (κ3) is 5.49. The molecule has 1 fully saturated rings. The standard InChI is InChI=1S/C37H40N6O3/c1-4-41(5-2)17-8-9-24(3)40-37(45)29-23-43-32-19-25-10-6-7-11-26(25)20-33(32)46-36-31(13-12-28(34(36)43)35(29)44)42-18-14-27(22-42)30-21-38-15-16-39-30/h6-7,10-13,15-16,19-21,23-24,27H,4-5,8-9,14,17-18,22H2,1-3H3,(H,40,45). The number of benzene rings is 3. The zero-order chi connectivity index (χ0) is 31.8. The minimum atomic E-state index is -0.350. The fourth-order valence-corrected chi connectivity index (χ4v) is 6.95. The van der Waals surface area contributed by atoms with Gasteiger partial charge in [0.2, 0.25) is 5.43 Å². The lowest BCUT2D eigenvalue weighted by atomic mass is 10.0. The van der Waals surface area contributed by atoms with E-state index in [2.05, 4.69) is 57.1 Å². The van der Waals surface area contributed by atoms with Crippen molar-refractivity contribution in [2.24, 2.45) is 0 Å². The van der Waals surface area contributed by atoms with Crippen molar-refractivity contribution in [1.29, 1.82) is 0 Å². The second-order valence-corrected chi connectivity index (χ2v) is 12.4. The molecular formula is C37H40N6O3. The lowest BCUT2D eigenvalue weighted by Crippen LogP contribution is -2.36. The van der Waals surface area contributed by atoms with Crippen LogP contribution in [0.4, 0.5) is 5.69 Å². The van der Waals surface area contributed by atoms with Gasteiger partial charge in [0, 0.05) is 49.8 Å². The quantitative estimate of drug-likeness (QED) is 0.194. The van der Waals surface area contributed by atoms with Gasteiger partial charge >= 0.3 is 0 Å². The maximum Gasteiger partial charge on any atom is 0.256 e. The normalized spacial score (nSPS) is 16.1. The summed E-state index contributed by atoms with van der Waals surface area (Å²) in [6.07, 6.45) is 9.73. The molecule has 4 heterocycles. The minimum absolute atomic E-state index is 0.0607. The van der Waals surface area contributed by atoms with E-state index in [1.807, 2.05) is 48.0 Å². The van der Waals surface area contributed by atoms with Crippen molar-refractivity contribution in [3.63, 3.8) is 0 Å². The molecule has 1 amide bonds. The Morgan fingerprint density at radius 3 is 2.65 bits per heavy atom. The Labute approximate surface area is 268 Å². The molecule has 236 valence electrons. The van der Waals surface area contributed by atoms with Crippen LogP contribution in [0.15, 0.2) is 78.1 Å². The molecule has 1 N–H and O–H groups in total. The van der Waals surface area contributed by atoms with Crippen LogP contribution in [0.25, 0.3) is 27.4 Å². The molecule has 0 aliphatic carbocycles. The van der Waals surface area contributed by atoms with Gasteiger partial charge in [0.15, 0.2) is 11.5 Å². The molecule has 2 unspecified atom stereocenters. The van der Waals surface area contributed by atoms with Crippen molar-refractivity contribution in [1.82, 2.24) is 24.8 Å². The molecule has 5 aromatic rings. The first-order valence-electron chi connectivity index (χ1n) is 16.4. The van der Waals surface area contributed by atoms with Crippen LogP contribution >= 0.6 is 0 Å². The summed E-state index contributed by atoms with van der Waals surface area (Å²) in [4.78, 5) is 41.2. The van der Waals surface area contributed by atoms with Gasteiger partial charge in [-0.15, -0.1) is 0 Å². The first-order valence-corrected chi connectivity index (χ1v) is 16.4. The molecule has 2 aliphatic heterocycles. The zero-order valence-corrected chi connectivity index (χ0v) is 26.7. The summed E-state index contributed by atoms with van der Waals surface area (Å²) in [5.74, 6) is 1.22. The van der Waals surface area contributed by atoms with Crippen molar-refractivity contribution in [3.05, 3.63) is 94.8 Å². The molecule has 0 saturated carbocycles. The first-order chi connectivity index (χ1) is 22.4. The average molecular weight is 617 g/mol. The lowest BCUT2D eigenvalue weighted by Gasteiger charge is -2.29. The fourth-order valence-electron chi connectivity index (χ4n) is 6.95. The highest BCUT2D eigenvalue weighted by atomic mass is 16.5. The van der Waals surface area contributed by atoms with E-state index in [9.17, 15) is 9.59 Å². The van der Waals surface area contributed by atoms with E-state index in [0.717, 1.165) is 79.8 Å². The van der Waals surface area contributed by atoms with Gasteiger partial charge < -0.3 is 24.4 Å². The van der Waals surface area contributed by atoms with E-state index in [1.54, 1.807) is 18.6 Å². The number of hydrogen-bond donors (Lipinski definition) is 1. The minimum Gasteiger partial charge on any atom is -0.451 e. The molecule has 9 nitrogen and oxygen atoms in total. The Morgan fingerprint density at radius 2 is 1.89 bits per heavy atom. The number of carbonyl (C=O) groups is 1. The number of ether oxygens (including phenoxy) is 1. The van der Waals surface area contributed by atoms with Crippen molar-refractivity contribution in [2.45, 2.75) is 52.0 Å². The number of pyridine rings is 1. The Morgan fingerprint density at radius 1 is 1.09 bits per heavy atom. The zero-order valence-electron chi connectivity index (χ0n) is 26.7. The molecule has 9 heteroatoms. The van der Waals surface area contributed by atoms with Gasteiger partial charge in [0.1, 0.15) is 11.1 Å².